The van der Waals surface area contributed by atoms with Gasteiger partial charge in [-0.2, -0.15) is 0 Å². The van der Waals surface area contributed by atoms with Gasteiger partial charge >= 0.3 is 0 Å². The van der Waals surface area contributed by atoms with Gasteiger partial charge in [0.1, 0.15) is 5.69 Å². The number of Topliss-reactive ketones (excluding diaryl/α,β-unsaturated/α-hetero) is 1. The third-order valence-electron chi connectivity index (χ3n) is 1.97. The number of nitrogens with one attached hydrogen (secondary N) is 1. The first-order chi connectivity index (χ1) is 6.68. The molecule has 0 aliphatic rings. The van der Waals surface area contributed by atoms with Crippen molar-refractivity contribution in [3.05, 3.63) is 29.9 Å². The summed E-state index contributed by atoms with van der Waals surface area (Å²) in [7, 11) is 0. The topological polar surface area (TPSA) is 58.9 Å². The van der Waals surface area contributed by atoms with Crippen LogP contribution in [0.3, 0.4) is 0 Å². The minimum Gasteiger partial charge on any atom is -0.463 e. The zero-order chi connectivity index (χ0) is 10.1. The fourth-order valence-electron chi connectivity index (χ4n) is 1.28. The number of hydrogen-bond donors (Lipinski definition) is 1. The summed E-state index contributed by atoms with van der Waals surface area (Å²) < 4.78 is 5.20. The monoisotopic (exact) mass is 190 g/mol. The van der Waals surface area contributed by atoms with Gasteiger partial charge in [0, 0.05) is 12.6 Å². The van der Waals surface area contributed by atoms with Crippen LogP contribution in [-0.2, 0) is 0 Å². The van der Waals surface area contributed by atoms with Gasteiger partial charge in [0.2, 0.25) is 0 Å². The van der Waals surface area contributed by atoms with Gasteiger partial charge in [0.15, 0.2) is 17.4 Å². The zero-order valence-corrected chi connectivity index (χ0v) is 8.00. The van der Waals surface area contributed by atoms with Crippen molar-refractivity contribution in [1.82, 2.24) is 9.97 Å². The molecule has 2 heterocycles. The number of nitrogens with zero attached hydrogens (tertiary/aromatic N) is 1. The third kappa shape index (κ3) is 1.35. The summed E-state index contributed by atoms with van der Waals surface area (Å²) in [6, 6.07) is 3.60. The van der Waals surface area contributed by atoms with E-state index >= 15 is 0 Å². The summed E-state index contributed by atoms with van der Waals surface area (Å²) in [6.45, 7) is 3.33. The quantitative estimate of drug-likeness (QED) is 0.738. The lowest BCUT2D eigenvalue weighted by Gasteiger charge is -1.89. The first kappa shape index (κ1) is 8.74. The number of aryl methyl sites for hydroxylation is 1. The Labute approximate surface area is 81.0 Å². The molecule has 14 heavy (non-hydrogen) atoms. The molecule has 2 rings (SSSR count). The predicted octanol–water partition coefficient (Wildman–Crippen LogP) is 2.18. The number of carbonyl (C=O) groups excluding carboxylic acids is 1. The third-order valence-corrected chi connectivity index (χ3v) is 1.97. The molecule has 0 unspecified atom stereocenters. The van der Waals surface area contributed by atoms with Gasteiger partial charge in [0.05, 0.1) is 6.26 Å². The molecule has 0 fully saturated rings. The van der Waals surface area contributed by atoms with E-state index in [4.69, 9.17) is 4.42 Å². The van der Waals surface area contributed by atoms with Crippen LogP contribution in [0.25, 0.3) is 11.5 Å². The van der Waals surface area contributed by atoms with Crippen LogP contribution in [0.2, 0.25) is 0 Å². The van der Waals surface area contributed by atoms with Crippen molar-refractivity contribution < 1.29 is 9.21 Å². The van der Waals surface area contributed by atoms with Crippen molar-refractivity contribution in [2.45, 2.75) is 13.8 Å². The van der Waals surface area contributed by atoms with E-state index < -0.39 is 0 Å². The summed E-state index contributed by atoms with van der Waals surface area (Å²) in [5, 5.41) is 0. The van der Waals surface area contributed by atoms with Gasteiger partial charge in [-0.05, 0) is 19.1 Å². The van der Waals surface area contributed by atoms with Crippen LogP contribution >= 0.6 is 0 Å². The van der Waals surface area contributed by atoms with E-state index in [-0.39, 0.29) is 5.78 Å². The largest absolute Gasteiger partial charge is 0.463 e. The van der Waals surface area contributed by atoms with Crippen LogP contribution in [0.4, 0.5) is 0 Å². The minimum absolute atomic E-state index is 0.0779. The average molecular weight is 190 g/mol. The van der Waals surface area contributed by atoms with E-state index in [2.05, 4.69) is 9.97 Å². The maximum Gasteiger partial charge on any atom is 0.195 e. The number of H-pyrrole nitrogens is 1. The van der Waals surface area contributed by atoms with Crippen LogP contribution in [0.15, 0.2) is 22.8 Å². The molecule has 4 heteroatoms. The molecule has 0 radical (unpaired) electrons. The molecule has 0 saturated heterocycles. The second kappa shape index (κ2) is 3.14. The lowest BCUT2D eigenvalue weighted by Crippen LogP contribution is -1.94. The zero-order valence-electron chi connectivity index (χ0n) is 8.00. The first-order valence-electron chi connectivity index (χ1n) is 4.30. The molecule has 72 valence electrons. The minimum atomic E-state index is -0.0779. The lowest BCUT2D eigenvalue weighted by atomic mass is 10.3. The van der Waals surface area contributed by atoms with Gasteiger partial charge in [-0.15, -0.1) is 0 Å². The van der Waals surface area contributed by atoms with Crippen LogP contribution in [0.5, 0.6) is 0 Å². The summed E-state index contributed by atoms with van der Waals surface area (Å²) in [5.41, 5.74) is 1.53. The molecule has 0 saturated carbocycles. The van der Waals surface area contributed by atoms with Crippen molar-refractivity contribution in [1.29, 1.82) is 0 Å². The molecule has 0 bridgehead atoms. The Hall–Kier alpha value is -1.84. The Balaban J connectivity index is 2.50. The second-order valence-corrected chi connectivity index (χ2v) is 3.09. The average Bonchev–Trinajstić information content (AvgIpc) is 2.71. The van der Waals surface area contributed by atoms with Gasteiger partial charge in [-0.25, -0.2) is 4.98 Å². The summed E-state index contributed by atoms with van der Waals surface area (Å²) >= 11 is 0. The van der Waals surface area contributed by atoms with Crippen molar-refractivity contribution in [3.63, 3.8) is 0 Å². The molecular weight excluding hydrogens is 180 g/mol. The number of furan rings is 1. The molecule has 0 aliphatic heterocycles. The maximum atomic E-state index is 11.1. The number of imidazole rings is 1. The van der Waals surface area contributed by atoms with Gasteiger partial charge < -0.3 is 9.40 Å². The van der Waals surface area contributed by atoms with Crippen molar-refractivity contribution in [2.75, 3.05) is 0 Å². The van der Waals surface area contributed by atoms with Crippen LogP contribution in [-0.4, -0.2) is 15.8 Å². The van der Waals surface area contributed by atoms with E-state index in [0.29, 0.717) is 17.3 Å². The van der Waals surface area contributed by atoms with Crippen molar-refractivity contribution >= 4 is 5.78 Å². The van der Waals surface area contributed by atoms with Crippen molar-refractivity contribution in [3.8, 4) is 11.5 Å². The molecule has 2 aromatic heterocycles. The predicted molar refractivity (Wildman–Crippen MR) is 51.0 cm³/mol. The number of aromatic amines is 1. The Morgan fingerprint density at radius 2 is 2.36 bits per heavy atom. The summed E-state index contributed by atoms with van der Waals surface area (Å²) in [5.74, 6) is 0.964. The van der Waals surface area contributed by atoms with Crippen LogP contribution < -0.4 is 0 Å². The Morgan fingerprint density at radius 1 is 1.57 bits per heavy atom. The molecule has 0 aliphatic carbocycles. The van der Waals surface area contributed by atoms with E-state index in [1.807, 2.05) is 13.0 Å². The van der Waals surface area contributed by atoms with Gasteiger partial charge in [-0.3, -0.25) is 4.79 Å². The standard InChI is InChI=1S/C10H10N2O2/c1-6-9(8-4-3-5-14-8)12-10(11-6)7(2)13/h3-5H,1-2H3,(H,11,12). The maximum absolute atomic E-state index is 11.1. The normalized spacial score (nSPS) is 10.4. The number of hydrogen-bond acceptors (Lipinski definition) is 3. The van der Waals surface area contributed by atoms with Crippen molar-refractivity contribution in [2.24, 2.45) is 0 Å². The highest BCUT2D eigenvalue weighted by Crippen LogP contribution is 2.21. The number of aromatic nitrogens is 2. The highest BCUT2D eigenvalue weighted by atomic mass is 16.3. The molecule has 0 atom stereocenters. The lowest BCUT2D eigenvalue weighted by molar-refractivity contribution is 0.100. The van der Waals surface area contributed by atoms with E-state index in [9.17, 15) is 4.79 Å². The number of rotatable bonds is 2. The van der Waals surface area contributed by atoms with E-state index in [1.54, 1.807) is 12.3 Å². The number of carbonyl (C=O) groups is 1. The summed E-state index contributed by atoms with van der Waals surface area (Å²) in [4.78, 5) is 18.1. The Morgan fingerprint density at radius 3 is 2.86 bits per heavy atom. The smallest absolute Gasteiger partial charge is 0.195 e. The fraction of sp³-hybridized carbons (Fsp3) is 0.200. The van der Waals surface area contributed by atoms with E-state index in [1.165, 1.54) is 6.92 Å². The molecular formula is C10H10N2O2. The molecule has 0 aromatic carbocycles. The molecule has 2 aromatic rings. The van der Waals surface area contributed by atoms with E-state index in [0.717, 1.165) is 5.69 Å². The van der Waals surface area contributed by atoms with Crippen LogP contribution in [0.1, 0.15) is 23.2 Å². The molecule has 4 nitrogen and oxygen atoms in total. The summed E-state index contributed by atoms with van der Waals surface area (Å²) in [6.07, 6.45) is 1.58. The second-order valence-electron chi connectivity index (χ2n) is 3.09. The van der Waals surface area contributed by atoms with Gasteiger partial charge in [-0.1, -0.05) is 0 Å². The fourth-order valence-corrected chi connectivity index (χ4v) is 1.28. The highest BCUT2D eigenvalue weighted by molar-refractivity contribution is 5.91. The molecule has 0 spiro atoms. The Kier molecular flexibility index (Phi) is 1.96. The van der Waals surface area contributed by atoms with Gasteiger partial charge in [0.25, 0.3) is 0 Å². The Bertz CT molecular complexity index is 454. The first-order valence-corrected chi connectivity index (χ1v) is 4.30. The molecule has 1 N–H and O–H groups in total. The number of ketones is 1. The van der Waals surface area contributed by atoms with Crippen LogP contribution in [0, 0.1) is 6.92 Å². The molecule has 0 amide bonds. The SMILES string of the molecule is CC(=O)c1nc(-c2ccco2)c(C)[nH]1. The highest BCUT2D eigenvalue weighted by Gasteiger charge is 2.12.